The van der Waals surface area contributed by atoms with Crippen molar-refractivity contribution in [2.45, 2.75) is 13.3 Å². The van der Waals surface area contributed by atoms with E-state index < -0.39 is 0 Å². The highest BCUT2D eigenvalue weighted by atomic mass is 16.2. The van der Waals surface area contributed by atoms with Gasteiger partial charge in [-0.05, 0) is 30.0 Å². The Labute approximate surface area is 130 Å². The number of carbonyl (C=O) groups is 2. The first-order valence-electron chi connectivity index (χ1n) is 7.81. The molecule has 1 aromatic heterocycles. The zero-order valence-electron chi connectivity index (χ0n) is 12.8. The first-order valence-corrected chi connectivity index (χ1v) is 7.81. The average Bonchev–Trinajstić information content (AvgIpc) is 3.30. The molecular weight excluding hydrogens is 278 g/mol. The summed E-state index contributed by atoms with van der Waals surface area (Å²) in [7, 11) is 0. The second-order valence-corrected chi connectivity index (χ2v) is 6.09. The van der Waals surface area contributed by atoms with Gasteiger partial charge in [0.05, 0.1) is 0 Å². The number of pyridine rings is 1. The van der Waals surface area contributed by atoms with Crippen molar-refractivity contribution in [2.24, 2.45) is 11.8 Å². The van der Waals surface area contributed by atoms with Crippen LogP contribution in [0.2, 0.25) is 0 Å². The molecule has 2 atom stereocenters. The molecule has 2 fully saturated rings. The van der Waals surface area contributed by atoms with Gasteiger partial charge >= 0.3 is 0 Å². The maximum Gasteiger partial charge on any atom is 0.246 e. The van der Waals surface area contributed by atoms with E-state index in [0.717, 1.165) is 12.0 Å². The van der Waals surface area contributed by atoms with Crippen LogP contribution >= 0.6 is 0 Å². The molecular formula is C17H21N3O2. The van der Waals surface area contributed by atoms with Crippen LogP contribution in [0, 0.1) is 11.8 Å². The molecule has 0 spiro atoms. The molecule has 1 saturated heterocycles. The van der Waals surface area contributed by atoms with Gasteiger partial charge in [0.25, 0.3) is 0 Å². The van der Waals surface area contributed by atoms with E-state index in [1.54, 1.807) is 29.4 Å². The van der Waals surface area contributed by atoms with Crippen molar-refractivity contribution in [1.82, 2.24) is 14.8 Å². The Morgan fingerprint density at radius 1 is 1.23 bits per heavy atom. The molecule has 1 aromatic rings. The highest BCUT2D eigenvalue weighted by Gasteiger charge is 2.42. The molecule has 0 aromatic carbocycles. The molecule has 0 radical (unpaired) electrons. The second-order valence-electron chi connectivity index (χ2n) is 6.09. The number of carbonyl (C=O) groups excluding carboxylic acids is 2. The predicted octanol–water partition coefficient (Wildman–Crippen LogP) is 1.42. The Balaban J connectivity index is 1.49. The fourth-order valence-corrected chi connectivity index (χ4v) is 2.80. The Kier molecular flexibility index (Phi) is 4.22. The van der Waals surface area contributed by atoms with Crippen molar-refractivity contribution in [2.75, 3.05) is 26.2 Å². The lowest BCUT2D eigenvalue weighted by Crippen LogP contribution is -2.50. The van der Waals surface area contributed by atoms with Crippen LogP contribution in [0.4, 0.5) is 0 Å². The van der Waals surface area contributed by atoms with E-state index >= 15 is 0 Å². The molecule has 3 rings (SSSR count). The van der Waals surface area contributed by atoms with Gasteiger partial charge in [0, 0.05) is 50.6 Å². The lowest BCUT2D eigenvalue weighted by Gasteiger charge is -2.34. The molecule has 2 heterocycles. The van der Waals surface area contributed by atoms with Crippen LogP contribution < -0.4 is 0 Å². The highest BCUT2D eigenvalue weighted by molar-refractivity contribution is 5.92. The summed E-state index contributed by atoms with van der Waals surface area (Å²) in [6.07, 6.45) is 7.80. The third-order valence-electron chi connectivity index (χ3n) is 4.43. The van der Waals surface area contributed by atoms with Crippen molar-refractivity contribution >= 4 is 17.9 Å². The molecule has 2 amide bonds. The van der Waals surface area contributed by atoms with Gasteiger partial charge in [-0.25, -0.2) is 0 Å². The molecule has 0 bridgehead atoms. The maximum absolute atomic E-state index is 12.2. The van der Waals surface area contributed by atoms with Crippen LogP contribution in [0.25, 0.3) is 6.08 Å². The van der Waals surface area contributed by atoms with Gasteiger partial charge in [0.2, 0.25) is 11.8 Å². The van der Waals surface area contributed by atoms with Crippen LogP contribution in [-0.2, 0) is 9.59 Å². The molecule has 0 N–H and O–H groups in total. The number of hydrogen-bond acceptors (Lipinski definition) is 3. The molecule has 5 nitrogen and oxygen atoms in total. The van der Waals surface area contributed by atoms with Gasteiger partial charge < -0.3 is 9.80 Å². The molecule has 1 aliphatic carbocycles. The first kappa shape index (κ1) is 14.8. The molecule has 2 aliphatic rings. The van der Waals surface area contributed by atoms with Gasteiger partial charge in [-0.3, -0.25) is 14.6 Å². The fraction of sp³-hybridized carbons (Fsp3) is 0.471. The van der Waals surface area contributed by atoms with E-state index in [1.807, 2.05) is 17.0 Å². The zero-order chi connectivity index (χ0) is 15.5. The highest BCUT2D eigenvalue weighted by Crippen LogP contribution is 2.39. The Bertz CT molecular complexity index is 577. The van der Waals surface area contributed by atoms with Crippen LogP contribution in [0.3, 0.4) is 0 Å². The van der Waals surface area contributed by atoms with Crippen LogP contribution in [0.1, 0.15) is 18.9 Å². The summed E-state index contributed by atoms with van der Waals surface area (Å²) >= 11 is 0. The third-order valence-corrected chi connectivity index (χ3v) is 4.43. The van der Waals surface area contributed by atoms with Gasteiger partial charge in [-0.15, -0.1) is 0 Å². The number of amides is 2. The Morgan fingerprint density at radius 3 is 2.50 bits per heavy atom. The quantitative estimate of drug-likeness (QED) is 0.793. The minimum atomic E-state index is -0.00394. The van der Waals surface area contributed by atoms with E-state index in [9.17, 15) is 9.59 Å². The van der Waals surface area contributed by atoms with E-state index in [-0.39, 0.29) is 17.7 Å². The maximum atomic E-state index is 12.2. The summed E-state index contributed by atoms with van der Waals surface area (Å²) in [5.74, 6) is 1.03. The molecule has 1 aliphatic heterocycles. The number of hydrogen-bond donors (Lipinski definition) is 0. The van der Waals surface area contributed by atoms with Gasteiger partial charge in [-0.1, -0.05) is 13.0 Å². The van der Waals surface area contributed by atoms with Crippen molar-refractivity contribution in [3.8, 4) is 0 Å². The summed E-state index contributed by atoms with van der Waals surface area (Å²) in [6, 6.07) is 3.75. The van der Waals surface area contributed by atoms with Crippen LogP contribution in [0.15, 0.2) is 30.6 Å². The Morgan fingerprint density at radius 2 is 1.91 bits per heavy atom. The molecule has 1 saturated carbocycles. The van der Waals surface area contributed by atoms with Gasteiger partial charge in [0.15, 0.2) is 0 Å². The van der Waals surface area contributed by atoms with Gasteiger partial charge in [-0.2, -0.15) is 0 Å². The smallest absolute Gasteiger partial charge is 0.246 e. The van der Waals surface area contributed by atoms with Crippen molar-refractivity contribution in [3.63, 3.8) is 0 Å². The average molecular weight is 299 g/mol. The first-order chi connectivity index (χ1) is 10.6. The van der Waals surface area contributed by atoms with E-state index in [4.69, 9.17) is 0 Å². The number of nitrogens with zero attached hydrogens (tertiary/aromatic N) is 3. The number of piperazine rings is 1. The normalized spacial score (nSPS) is 24.6. The lowest BCUT2D eigenvalue weighted by molar-refractivity contribution is -0.138. The standard InChI is InChI=1S/C17H21N3O2/c1-13-11-15(13)17(22)20-9-7-19(8-10-20)16(21)5-4-14-3-2-6-18-12-14/h2-6,12-13,15H,7-11H2,1H3. The zero-order valence-corrected chi connectivity index (χ0v) is 12.8. The minimum absolute atomic E-state index is 0.00394. The molecule has 116 valence electrons. The second kappa shape index (κ2) is 6.30. The number of aromatic nitrogens is 1. The van der Waals surface area contributed by atoms with Gasteiger partial charge in [0.1, 0.15) is 0 Å². The number of rotatable bonds is 3. The van der Waals surface area contributed by atoms with E-state index in [0.29, 0.717) is 32.1 Å². The summed E-state index contributed by atoms with van der Waals surface area (Å²) in [6.45, 7) is 4.64. The largest absolute Gasteiger partial charge is 0.339 e. The molecule has 22 heavy (non-hydrogen) atoms. The van der Waals surface area contributed by atoms with E-state index in [2.05, 4.69) is 11.9 Å². The summed E-state index contributed by atoms with van der Waals surface area (Å²) < 4.78 is 0. The fourth-order valence-electron chi connectivity index (χ4n) is 2.80. The van der Waals surface area contributed by atoms with Crippen molar-refractivity contribution < 1.29 is 9.59 Å². The summed E-state index contributed by atoms with van der Waals surface area (Å²) in [5, 5.41) is 0. The lowest BCUT2D eigenvalue weighted by atomic mass is 10.2. The monoisotopic (exact) mass is 299 g/mol. The minimum Gasteiger partial charge on any atom is -0.339 e. The van der Waals surface area contributed by atoms with Crippen molar-refractivity contribution in [3.05, 3.63) is 36.2 Å². The summed E-state index contributed by atoms with van der Waals surface area (Å²) in [5.41, 5.74) is 0.910. The topological polar surface area (TPSA) is 53.5 Å². The summed E-state index contributed by atoms with van der Waals surface area (Å²) in [4.78, 5) is 32.0. The van der Waals surface area contributed by atoms with Crippen LogP contribution in [0.5, 0.6) is 0 Å². The molecule has 5 heteroatoms. The van der Waals surface area contributed by atoms with E-state index in [1.165, 1.54) is 0 Å². The van der Waals surface area contributed by atoms with Crippen molar-refractivity contribution in [1.29, 1.82) is 0 Å². The SMILES string of the molecule is CC1CC1C(=O)N1CCN(C(=O)C=Cc2cccnc2)CC1. The molecule has 2 unspecified atom stereocenters. The third kappa shape index (κ3) is 3.35. The Hall–Kier alpha value is -2.17. The predicted molar refractivity (Wildman–Crippen MR) is 83.7 cm³/mol. The van der Waals surface area contributed by atoms with Crippen LogP contribution in [-0.4, -0.2) is 52.8 Å².